The SMILES string of the molecule is O=C([O-])C1(c2ccccc2)CCN(S(=O)(=O)c2ccccc2)CC1. The number of rotatable bonds is 4. The molecule has 0 N–H and O–H groups in total. The van der Waals surface area contributed by atoms with Gasteiger partial charge in [-0.3, -0.25) is 0 Å². The lowest BCUT2D eigenvalue weighted by molar-refractivity contribution is -0.315. The highest BCUT2D eigenvalue weighted by Crippen LogP contribution is 2.36. The third kappa shape index (κ3) is 2.83. The Morgan fingerprint density at radius 1 is 0.917 bits per heavy atom. The Kier molecular flexibility index (Phi) is 4.43. The lowest BCUT2D eigenvalue weighted by Gasteiger charge is -2.42. The molecule has 0 aromatic heterocycles. The molecule has 0 bridgehead atoms. The monoisotopic (exact) mass is 344 g/mol. The largest absolute Gasteiger partial charge is 0.549 e. The average molecular weight is 344 g/mol. The molecule has 1 heterocycles. The molecule has 3 rings (SSSR count). The van der Waals surface area contributed by atoms with Crippen LogP contribution in [0.25, 0.3) is 0 Å². The number of carbonyl (C=O) groups excluding carboxylic acids is 1. The zero-order valence-electron chi connectivity index (χ0n) is 13.1. The Hall–Kier alpha value is -2.18. The van der Waals surface area contributed by atoms with E-state index in [-0.39, 0.29) is 30.8 Å². The van der Waals surface area contributed by atoms with Crippen molar-refractivity contribution in [1.29, 1.82) is 0 Å². The number of aliphatic carboxylic acids is 1. The molecule has 1 saturated heterocycles. The molecule has 0 amide bonds. The number of carbonyl (C=O) groups is 1. The van der Waals surface area contributed by atoms with Gasteiger partial charge >= 0.3 is 0 Å². The average Bonchev–Trinajstić information content (AvgIpc) is 2.63. The van der Waals surface area contributed by atoms with Crippen LogP contribution in [0.3, 0.4) is 0 Å². The second-order valence-electron chi connectivity index (χ2n) is 5.95. The van der Waals surface area contributed by atoms with Gasteiger partial charge in [-0.25, -0.2) is 8.42 Å². The van der Waals surface area contributed by atoms with Crippen molar-refractivity contribution in [2.75, 3.05) is 13.1 Å². The minimum Gasteiger partial charge on any atom is -0.549 e. The molecule has 2 aromatic carbocycles. The lowest BCUT2D eigenvalue weighted by Crippen LogP contribution is -2.53. The van der Waals surface area contributed by atoms with E-state index in [1.807, 2.05) is 6.07 Å². The van der Waals surface area contributed by atoms with Gasteiger partial charge in [0.05, 0.1) is 10.9 Å². The van der Waals surface area contributed by atoms with Gasteiger partial charge in [0.1, 0.15) is 0 Å². The van der Waals surface area contributed by atoms with Crippen LogP contribution in [0.4, 0.5) is 0 Å². The Morgan fingerprint density at radius 2 is 1.42 bits per heavy atom. The maximum atomic E-state index is 12.7. The maximum absolute atomic E-state index is 12.7. The van der Waals surface area contributed by atoms with Crippen molar-refractivity contribution in [3.63, 3.8) is 0 Å². The van der Waals surface area contributed by atoms with Crippen molar-refractivity contribution in [1.82, 2.24) is 4.31 Å². The summed E-state index contributed by atoms with van der Waals surface area (Å²) in [5, 5.41) is 11.8. The Morgan fingerprint density at radius 3 is 1.92 bits per heavy atom. The standard InChI is InChI=1S/C18H19NO4S/c20-17(21)18(15-7-3-1-4-8-15)11-13-19(14-12-18)24(22,23)16-9-5-2-6-10-16/h1-10H,11-14H2,(H,20,21)/p-1. The summed E-state index contributed by atoms with van der Waals surface area (Å²) in [5.74, 6) is -1.15. The van der Waals surface area contributed by atoms with Crippen molar-refractivity contribution in [3.8, 4) is 0 Å². The van der Waals surface area contributed by atoms with Gasteiger partial charge in [0.25, 0.3) is 0 Å². The van der Waals surface area contributed by atoms with E-state index in [9.17, 15) is 18.3 Å². The zero-order valence-corrected chi connectivity index (χ0v) is 13.9. The second-order valence-corrected chi connectivity index (χ2v) is 7.89. The first-order valence-electron chi connectivity index (χ1n) is 7.79. The molecule has 126 valence electrons. The van der Waals surface area contributed by atoms with E-state index in [2.05, 4.69) is 0 Å². The van der Waals surface area contributed by atoms with Gasteiger partial charge in [0, 0.05) is 18.5 Å². The van der Waals surface area contributed by atoms with Crippen LogP contribution in [0.5, 0.6) is 0 Å². The smallest absolute Gasteiger partial charge is 0.243 e. The first-order valence-corrected chi connectivity index (χ1v) is 9.23. The summed E-state index contributed by atoms with van der Waals surface area (Å²) in [4.78, 5) is 12.1. The topological polar surface area (TPSA) is 77.5 Å². The van der Waals surface area contributed by atoms with Crippen LogP contribution in [-0.2, 0) is 20.2 Å². The number of sulfonamides is 1. The second kappa shape index (κ2) is 6.37. The van der Waals surface area contributed by atoms with Gasteiger partial charge in [0.15, 0.2) is 0 Å². The molecule has 0 atom stereocenters. The normalized spacial score (nSPS) is 18.2. The summed E-state index contributed by atoms with van der Waals surface area (Å²) in [6.07, 6.45) is 0.400. The number of hydrogen-bond donors (Lipinski definition) is 0. The quantitative estimate of drug-likeness (QED) is 0.834. The van der Waals surface area contributed by atoms with Crippen LogP contribution in [0, 0.1) is 0 Å². The molecule has 5 nitrogen and oxygen atoms in total. The van der Waals surface area contributed by atoms with Crippen LogP contribution in [0.15, 0.2) is 65.6 Å². The first-order chi connectivity index (χ1) is 11.5. The minimum absolute atomic E-state index is 0.153. The Bertz CT molecular complexity index is 811. The van der Waals surface area contributed by atoms with Gasteiger partial charge in [-0.1, -0.05) is 48.5 Å². The van der Waals surface area contributed by atoms with E-state index >= 15 is 0 Å². The van der Waals surface area contributed by atoms with Gasteiger partial charge < -0.3 is 9.90 Å². The fraction of sp³-hybridized carbons (Fsp3) is 0.278. The van der Waals surface area contributed by atoms with Crippen LogP contribution < -0.4 is 5.11 Å². The van der Waals surface area contributed by atoms with E-state index < -0.39 is 21.4 Å². The highest BCUT2D eigenvalue weighted by molar-refractivity contribution is 7.89. The van der Waals surface area contributed by atoms with Crippen molar-refractivity contribution in [2.45, 2.75) is 23.2 Å². The van der Waals surface area contributed by atoms with Crippen molar-refractivity contribution in [2.24, 2.45) is 0 Å². The van der Waals surface area contributed by atoms with Crippen molar-refractivity contribution in [3.05, 3.63) is 66.2 Å². The summed E-state index contributed by atoms with van der Waals surface area (Å²) < 4.78 is 26.7. The van der Waals surface area contributed by atoms with Gasteiger partial charge in [-0.2, -0.15) is 4.31 Å². The Balaban J connectivity index is 1.86. The number of nitrogens with zero attached hydrogens (tertiary/aromatic N) is 1. The predicted molar refractivity (Wildman–Crippen MR) is 87.6 cm³/mol. The zero-order chi connectivity index (χ0) is 17.2. The van der Waals surface area contributed by atoms with E-state index in [4.69, 9.17) is 0 Å². The van der Waals surface area contributed by atoms with Crippen molar-refractivity contribution < 1.29 is 18.3 Å². The molecule has 0 spiro atoms. The third-order valence-electron chi connectivity index (χ3n) is 4.67. The van der Waals surface area contributed by atoms with Crippen LogP contribution in [-0.4, -0.2) is 31.8 Å². The molecule has 0 radical (unpaired) electrons. The molecule has 1 aliphatic rings. The number of benzene rings is 2. The number of carboxylic acids is 1. The van der Waals surface area contributed by atoms with Crippen LogP contribution in [0.1, 0.15) is 18.4 Å². The summed E-state index contributed by atoms with van der Waals surface area (Å²) >= 11 is 0. The summed E-state index contributed by atoms with van der Waals surface area (Å²) in [6, 6.07) is 17.1. The van der Waals surface area contributed by atoms with E-state index in [0.717, 1.165) is 0 Å². The number of piperidine rings is 1. The van der Waals surface area contributed by atoms with Gasteiger partial charge in [-0.05, 0) is 30.5 Å². The molecule has 6 heteroatoms. The fourth-order valence-electron chi connectivity index (χ4n) is 3.22. The highest BCUT2D eigenvalue weighted by Gasteiger charge is 2.40. The van der Waals surface area contributed by atoms with Crippen LogP contribution >= 0.6 is 0 Å². The van der Waals surface area contributed by atoms with Gasteiger partial charge in [0.2, 0.25) is 10.0 Å². The molecule has 1 fully saturated rings. The number of hydrogen-bond acceptors (Lipinski definition) is 4. The first kappa shape index (κ1) is 16.7. The molecule has 2 aromatic rings. The molecule has 0 saturated carbocycles. The van der Waals surface area contributed by atoms with Gasteiger partial charge in [-0.15, -0.1) is 0 Å². The highest BCUT2D eigenvalue weighted by atomic mass is 32.2. The molecular formula is C18H18NO4S-. The maximum Gasteiger partial charge on any atom is 0.243 e. The minimum atomic E-state index is -3.60. The molecule has 1 aliphatic heterocycles. The molecular weight excluding hydrogens is 326 g/mol. The molecule has 0 aliphatic carbocycles. The van der Waals surface area contributed by atoms with Crippen molar-refractivity contribution >= 4 is 16.0 Å². The molecule has 0 unspecified atom stereocenters. The summed E-state index contributed by atoms with van der Waals surface area (Å²) in [6.45, 7) is 0.306. The number of carboxylic acid groups (broad SMARTS) is 1. The lowest BCUT2D eigenvalue weighted by atomic mass is 9.73. The van der Waals surface area contributed by atoms with E-state index in [0.29, 0.717) is 5.56 Å². The fourth-order valence-corrected chi connectivity index (χ4v) is 4.68. The Labute approximate surface area is 141 Å². The summed E-state index contributed by atoms with van der Waals surface area (Å²) in [5.41, 5.74) is -0.467. The van der Waals surface area contributed by atoms with E-state index in [1.54, 1.807) is 54.6 Å². The summed E-state index contributed by atoms with van der Waals surface area (Å²) in [7, 11) is -3.60. The molecule has 24 heavy (non-hydrogen) atoms. The predicted octanol–water partition coefficient (Wildman–Crippen LogP) is 1.16. The van der Waals surface area contributed by atoms with Crippen LogP contribution in [0.2, 0.25) is 0 Å². The third-order valence-corrected chi connectivity index (χ3v) is 6.59. The van der Waals surface area contributed by atoms with E-state index in [1.165, 1.54) is 4.31 Å².